The molecule has 0 atom stereocenters. The zero-order chi connectivity index (χ0) is 13.7. The highest BCUT2D eigenvalue weighted by atomic mass is 16.5. The monoisotopic (exact) mass is 259 g/mol. The fourth-order valence-electron chi connectivity index (χ4n) is 1.74. The van der Waals surface area contributed by atoms with Crippen LogP contribution in [-0.4, -0.2) is 17.1 Å². The zero-order valence-corrected chi connectivity index (χ0v) is 11.1. The van der Waals surface area contributed by atoms with Crippen LogP contribution in [0.2, 0.25) is 0 Å². The van der Waals surface area contributed by atoms with E-state index in [0.717, 1.165) is 23.4 Å². The van der Waals surface area contributed by atoms with Crippen LogP contribution in [0, 0.1) is 0 Å². The number of benzene rings is 1. The number of hydrogen-bond acceptors (Lipinski definition) is 4. The molecule has 2 aromatic rings. The summed E-state index contributed by atoms with van der Waals surface area (Å²) in [6, 6.07) is 9.29. The maximum absolute atomic E-state index is 11.4. The molecule has 19 heavy (non-hydrogen) atoms. The van der Waals surface area contributed by atoms with Crippen molar-refractivity contribution in [2.24, 2.45) is 0 Å². The van der Waals surface area contributed by atoms with Crippen molar-refractivity contribution >= 4 is 11.6 Å². The van der Waals surface area contributed by atoms with Gasteiger partial charge in [0.25, 0.3) is 5.56 Å². The molecule has 0 radical (unpaired) electrons. The summed E-state index contributed by atoms with van der Waals surface area (Å²) in [6.07, 6.45) is 0.728. The molecule has 100 valence electrons. The molecule has 0 fully saturated rings. The van der Waals surface area contributed by atoms with Gasteiger partial charge in [0.15, 0.2) is 0 Å². The lowest BCUT2D eigenvalue weighted by Gasteiger charge is -2.07. The van der Waals surface area contributed by atoms with Gasteiger partial charge in [0.2, 0.25) is 5.95 Å². The smallest absolute Gasteiger partial charge is 0.252 e. The Kier molecular flexibility index (Phi) is 4.30. The van der Waals surface area contributed by atoms with Crippen molar-refractivity contribution in [3.63, 3.8) is 0 Å². The molecule has 1 aromatic carbocycles. The molecule has 2 rings (SSSR count). The van der Waals surface area contributed by atoms with Gasteiger partial charge in [0.05, 0.1) is 6.61 Å². The van der Waals surface area contributed by atoms with Crippen LogP contribution < -0.4 is 10.9 Å². The van der Waals surface area contributed by atoms with Crippen LogP contribution in [0.4, 0.5) is 11.6 Å². The Labute approximate surface area is 111 Å². The van der Waals surface area contributed by atoms with Gasteiger partial charge in [0, 0.05) is 24.6 Å². The maximum atomic E-state index is 11.4. The Bertz CT molecular complexity index is 590. The first-order valence-corrected chi connectivity index (χ1v) is 6.16. The van der Waals surface area contributed by atoms with Crippen molar-refractivity contribution in [2.45, 2.75) is 20.0 Å². The van der Waals surface area contributed by atoms with Gasteiger partial charge in [-0.15, -0.1) is 0 Å². The molecule has 0 aliphatic heterocycles. The molecule has 0 saturated carbocycles. The lowest BCUT2D eigenvalue weighted by molar-refractivity contribution is 0.185. The summed E-state index contributed by atoms with van der Waals surface area (Å²) in [5.74, 6) is 0.462. The van der Waals surface area contributed by atoms with E-state index in [1.807, 2.05) is 31.2 Å². The molecule has 0 unspecified atom stereocenters. The third-order valence-corrected chi connectivity index (χ3v) is 2.68. The van der Waals surface area contributed by atoms with Crippen molar-refractivity contribution in [3.8, 4) is 0 Å². The molecule has 2 N–H and O–H groups in total. The van der Waals surface area contributed by atoms with Crippen LogP contribution in [0.1, 0.15) is 18.2 Å². The van der Waals surface area contributed by atoms with Crippen LogP contribution in [0.15, 0.2) is 35.1 Å². The summed E-state index contributed by atoms with van der Waals surface area (Å²) < 4.78 is 5.05. The SMILES string of the molecule is CCc1cc(=O)[nH]c(Nc2ccc(COC)cc2)n1. The average Bonchev–Trinajstić information content (AvgIpc) is 2.40. The predicted octanol–water partition coefficient (Wildman–Crippen LogP) is 2.22. The highest BCUT2D eigenvalue weighted by molar-refractivity contribution is 5.53. The Morgan fingerprint density at radius 2 is 2.05 bits per heavy atom. The summed E-state index contributed by atoms with van der Waals surface area (Å²) in [4.78, 5) is 18.4. The van der Waals surface area contributed by atoms with E-state index in [2.05, 4.69) is 15.3 Å². The van der Waals surface area contributed by atoms with Gasteiger partial charge in [-0.25, -0.2) is 4.98 Å². The lowest BCUT2D eigenvalue weighted by atomic mass is 10.2. The van der Waals surface area contributed by atoms with Crippen molar-refractivity contribution in [1.82, 2.24) is 9.97 Å². The second kappa shape index (κ2) is 6.15. The van der Waals surface area contributed by atoms with Crippen molar-refractivity contribution < 1.29 is 4.74 Å². The third kappa shape index (κ3) is 3.66. The number of methoxy groups -OCH3 is 1. The largest absolute Gasteiger partial charge is 0.380 e. The summed E-state index contributed by atoms with van der Waals surface area (Å²) >= 11 is 0. The normalized spacial score (nSPS) is 10.4. The lowest BCUT2D eigenvalue weighted by Crippen LogP contribution is -2.11. The Hall–Kier alpha value is -2.14. The number of ether oxygens (including phenoxy) is 1. The number of hydrogen-bond donors (Lipinski definition) is 2. The Balaban J connectivity index is 2.16. The van der Waals surface area contributed by atoms with Gasteiger partial charge < -0.3 is 10.1 Å². The molecule has 0 saturated heterocycles. The molecule has 1 aromatic heterocycles. The zero-order valence-electron chi connectivity index (χ0n) is 11.1. The minimum atomic E-state index is -0.148. The second-order valence-corrected chi connectivity index (χ2v) is 4.19. The van der Waals surface area contributed by atoms with Crippen molar-refractivity contribution in [1.29, 1.82) is 0 Å². The minimum absolute atomic E-state index is 0.148. The molecule has 5 heteroatoms. The number of aromatic amines is 1. The average molecular weight is 259 g/mol. The van der Waals surface area contributed by atoms with E-state index in [0.29, 0.717) is 12.6 Å². The topological polar surface area (TPSA) is 67.0 Å². The van der Waals surface area contributed by atoms with Crippen LogP contribution in [-0.2, 0) is 17.8 Å². The molecular formula is C14H17N3O2. The molecule has 0 spiro atoms. The standard InChI is InChI=1S/C14H17N3O2/c1-3-11-8-13(18)17-14(15-11)16-12-6-4-10(5-7-12)9-19-2/h4-8H,3,9H2,1-2H3,(H2,15,16,17,18). The first-order valence-electron chi connectivity index (χ1n) is 6.16. The fraction of sp³-hybridized carbons (Fsp3) is 0.286. The quantitative estimate of drug-likeness (QED) is 0.864. The van der Waals surface area contributed by atoms with E-state index >= 15 is 0 Å². The maximum Gasteiger partial charge on any atom is 0.252 e. The van der Waals surface area contributed by atoms with Gasteiger partial charge >= 0.3 is 0 Å². The van der Waals surface area contributed by atoms with Crippen LogP contribution in [0.5, 0.6) is 0 Å². The summed E-state index contributed by atoms with van der Waals surface area (Å²) in [7, 11) is 1.66. The highest BCUT2D eigenvalue weighted by Crippen LogP contribution is 2.13. The summed E-state index contributed by atoms with van der Waals surface area (Å²) in [5.41, 5.74) is 2.58. The number of H-pyrrole nitrogens is 1. The van der Waals surface area contributed by atoms with E-state index < -0.39 is 0 Å². The van der Waals surface area contributed by atoms with Gasteiger partial charge in [-0.05, 0) is 24.1 Å². The van der Waals surface area contributed by atoms with Crippen molar-refractivity contribution in [3.05, 3.63) is 51.9 Å². The first-order chi connectivity index (χ1) is 9.21. The van der Waals surface area contributed by atoms with E-state index in [1.54, 1.807) is 7.11 Å². The number of anilines is 2. The molecule has 0 amide bonds. The Morgan fingerprint density at radius 1 is 1.32 bits per heavy atom. The first kappa shape index (κ1) is 13.3. The highest BCUT2D eigenvalue weighted by Gasteiger charge is 2.01. The molecule has 0 aliphatic carbocycles. The van der Waals surface area contributed by atoms with E-state index in [-0.39, 0.29) is 5.56 Å². The summed E-state index contributed by atoms with van der Waals surface area (Å²) in [5, 5.41) is 3.08. The molecule has 1 heterocycles. The number of rotatable bonds is 5. The minimum Gasteiger partial charge on any atom is -0.380 e. The van der Waals surface area contributed by atoms with Gasteiger partial charge in [-0.3, -0.25) is 9.78 Å². The number of aromatic nitrogens is 2. The Morgan fingerprint density at radius 3 is 2.68 bits per heavy atom. The summed E-state index contributed by atoms with van der Waals surface area (Å²) in [6.45, 7) is 2.55. The van der Waals surface area contributed by atoms with Gasteiger partial charge in [-0.1, -0.05) is 19.1 Å². The molecule has 5 nitrogen and oxygen atoms in total. The van der Waals surface area contributed by atoms with E-state index in [9.17, 15) is 4.79 Å². The van der Waals surface area contributed by atoms with Gasteiger partial charge in [0.1, 0.15) is 0 Å². The molecule has 0 aliphatic rings. The van der Waals surface area contributed by atoms with Crippen molar-refractivity contribution in [2.75, 3.05) is 12.4 Å². The van der Waals surface area contributed by atoms with Crippen LogP contribution in [0.3, 0.4) is 0 Å². The fourth-order valence-corrected chi connectivity index (χ4v) is 1.74. The van der Waals surface area contributed by atoms with Crippen LogP contribution >= 0.6 is 0 Å². The number of nitrogens with zero attached hydrogens (tertiary/aromatic N) is 1. The number of aryl methyl sites for hydroxylation is 1. The van der Waals surface area contributed by atoms with E-state index in [1.165, 1.54) is 6.07 Å². The predicted molar refractivity (Wildman–Crippen MR) is 74.7 cm³/mol. The second-order valence-electron chi connectivity index (χ2n) is 4.19. The third-order valence-electron chi connectivity index (χ3n) is 2.68. The molecule has 0 bridgehead atoms. The van der Waals surface area contributed by atoms with Gasteiger partial charge in [-0.2, -0.15) is 0 Å². The van der Waals surface area contributed by atoms with Crippen LogP contribution in [0.25, 0.3) is 0 Å². The van der Waals surface area contributed by atoms with E-state index in [4.69, 9.17) is 4.74 Å². The number of nitrogens with one attached hydrogen (secondary N) is 2. The molecular weight excluding hydrogens is 242 g/mol.